The van der Waals surface area contributed by atoms with Crippen molar-refractivity contribution in [3.05, 3.63) is 29.3 Å². The van der Waals surface area contributed by atoms with Gasteiger partial charge in [-0.05, 0) is 50.5 Å². The zero-order chi connectivity index (χ0) is 13.7. The Kier molecular flexibility index (Phi) is 5.23. The van der Waals surface area contributed by atoms with Crippen molar-refractivity contribution in [3.63, 3.8) is 0 Å². The fraction of sp³-hybridized carbons (Fsp3) is 0.625. The molecule has 0 aliphatic carbocycles. The fourth-order valence-electron chi connectivity index (χ4n) is 2.69. The molecule has 2 rings (SSSR count). The van der Waals surface area contributed by atoms with E-state index in [1.807, 2.05) is 0 Å². The molecule has 1 saturated heterocycles. The molecule has 19 heavy (non-hydrogen) atoms. The largest absolute Gasteiger partial charge is 0.494 e. The summed E-state index contributed by atoms with van der Waals surface area (Å²) in [6, 6.07) is 7.05. The first-order valence-electron chi connectivity index (χ1n) is 7.31. The maximum absolute atomic E-state index is 5.85. The van der Waals surface area contributed by atoms with Gasteiger partial charge in [-0.15, -0.1) is 0 Å². The summed E-state index contributed by atoms with van der Waals surface area (Å²) in [6.45, 7) is 11.8. The van der Waals surface area contributed by atoms with Gasteiger partial charge in [0.15, 0.2) is 0 Å². The van der Waals surface area contributed by atoms with Crippen LogP contribution in [0, 0.1) is 13.8 Å². The highest BCUT2D eigenvalue weighted by atomic mass is 16.5. The number of benzene rings is 1. The third-order valence-corrected chi connectivity index (χ3v) is 3.69. The molecule has 0 unspecified atom stereocenters. The Balaban J connectivity index is 1.71. The summed E-state index contributed by atoms with van der Waals surface area (Å²) in [7, 11) is 0. The lowest BCUT2D eigenvalue weighted by Gasteiger charge is -2.33. The van der Waals surface area contributed by atoms with Crippen LogP contribution < -0.4 is 10.1 Å². The lowest BCUT2D eigenvalue weighted by atomic mass is 10.1. The SMILES string of the molecule is Cc1cc(C)cc(OCCCN2CCNC[C@@H]2C)c1. The van der Waals surface area contributed by atoms with Crippen LogP contribution in [0.5, 0.6) is 5.75 Å². The van der Waals surface area contributed by atoms with Crippen molar-refractivity contribution in [1.82, 2.24) is 10.2 Å². The molecule has 1 aromatic rings. The summed E-state index contributed by atoms with van der Waals surface area (Å²) in [6.07, 6.45) is 1.09. The Morgan fingerprint density at radius 2 is 2.00 bits per heavy atom. The highest BCUT2D eigenvalue weighted by molar-refractivity contribution is 5.32. The van der Waals surface area contributed by atoms with Gasteiger partial charge in [-0.25, -0.2) is 0 Å². The zero-order valence-electron chi connectivity index (χ0n) is 12.4. The molecule has 1 N–H and O–H groups in total. The Bertz CT molecular complexity index is 385. The summed E-state index contributed by atoms with van der Waals surface area (Å²) in [4.78, 5) is 2.54. The van der Waals surface area contributed by atoms with E-state index in [1.54, 1.807) is 0 Å². The lowest BCUT2D eigenvalue weighted by molar-refractivity contribution is 0.160. The first kappa shape index (κ1) is 14.4. The minimum Gasteiger partial charge on any atom is -0.494 e. The van der Waals surface area contributed by atoms with Crippen LogP contribution in [-0.2, 0) is 0 Å². The molecule has 1 atom stereocenters. The molecule has 1 aliphatic rings. The van der Waals surface area contributed by atoms with Gasteiger partial charge in [0.1, 0.15) is 5.75 Å². The van der Waals surface area contributed by atoms with Crippen LogP contribution in [0.15, 0.2) is 18.2 Å². The van der Waals surface area contributed by atoms with Gasteiger partial charge in [0.2, 0.25) is 0 Å². The molecule has 1 fully saturated rings. The molecule has 1 aliphatic heterocycles. The molecule has 3 nitrogen and oxygen atoms in total. The van der Waals surface area contributed by atoms with Crippen molar-refractivity contribution in [3.8, 4) is 5.75 Å². The molecular weight excluding hydrogens is 236 g/mol. The highest BCUT2D eigenvalue weighted by Crippen LogP contribution is 2.16. The average Bonchev–Trinajstić information content (AvgIpc) is 2.35. The molecule has 0 saturated carbocycles. The van der Waals surface area contributed by atoms with Crippen LogP contribution in [0.1, 0.15) is 24.5 Å². The first-order chi connectivity index (χ1) is 9.15. The molecule has 0 radical (unpaired) electrons. The lowest BCUT2D eigenvalue weighted by Crippen LogP contribution is -2.50. The number of hydrogen-bond acceptors (Lipinski definition) is 3. The van der Waals surface area contributed by atoms with Crippen LogP contribution in [0.4, 0.5) is 0 Å². The van der Waals surface area contributed by atoms with Crippen molar-refractivity contribution in [1.29, 1.82) is 0 Å². The smallest absolute Gasteiger partial charge is 0.119 e. The predicted molar refractivity (Wildman–Crippen MR) is 79.9 cm³/mol. The van der Waals surface area contributed by atoms with E-state index < -0.39 is 0 Å². The van der Waals surface area contributed by atoms with Crippen molar-refractivity contribution in [2.45, 2.75) is 33.2 Å². The molecule has 1 aromatic carbocycles. The van der Waals surface area contributed by atoms with Crippen molar-refractivity contribution < 1.29 is 4.74 Å². The summed E-state index contributed by atoms with van der Waals surface area (Å²) < 4.78 is 5.85. The molecule has 0 amide bonds. The Morgan fingerprint density at radius 3 is 2.68 bits per heavy atom. The van der Waals surface area contributed by atoms with Gasteiger partial charge in [0.05, 0.1) is 6.61 Å². The predicted octanol–water partition coefficient (Wildman–Crippen LogP) is 2.37. The van der Waals surface area contributed by atoms with Gasteiger partial charge in [-0.2, -0.15) is 0 Å². The zero-order valence-corrected chi connectivity index (χ0v) is 12.4. The van der Waals surface area contributed by atoms with E-state index in [0.29, 0.717) is 6.04 Å². The molecule has 0 aromatic heterocycles. The monoisotopic (exact) mass is 262 g/mol. The molecule has 0 bridgehead atoms. The third-order valence-electron chi connectivity index (χ3n) is 3.69. The standard InChI is InChI=1S/C16H26N2O/c1-13-9-14(2)11-16(10-13)19-8-4-6-18-7-5-17-12-15(18)3/h9-11,15,17H,4-8,12H2,1-3H3/t15-/m0/s1. The van der Waals surface area contributed by atoms with E-state index in [9.17, 15) is 0 Å². The summed E-state index contributed by atoms with van der Waals surface area (Å²) in [5.41, 5.74) is 2.54. The van der Waals surface area contributed by atoms with Crippen LogP contribution in [0.2, 0.25) is 0 Å². The summed E-state index contributed by atoms with van der Waals surface area (Å²) >= 11 is 0. The van der Waals surface area contributed by atoms with Gasteiger partial charge in [0, 0.05) is 32.2 Å². The Labute approximate surface area is 116 Å². The number of hydrogen-bond donors (Lipinski definition) is 1. The second-order valence-corrected chi connectivity index (χ2v) is 5.61. The highest BCUT2D eigenvalue weighted by Gasteiger charge is 2.16. The number of aryl methyl sites for hydroxylation is 2. The fourth-order valence-corrected chi connectivity index (χ4v) is 2.69. The first-order valence-corrected chi connectivity index (χ1v) is 7.31. The maximum atomic E-state index is 5.85. The van der Waals surface area contributed by atoms with E-state index >= 15 is 0 Å². The molecule has 3 heteroatoms. The molecule has 1 heterocycles. The van der Waals surface area contributed by atoms with Crippen LogP contribution in [0.3, 0.4) is 0 Å². The number of nitrogens with one attached hydrogen (secondary N) is 1. The summed E-state index contributed by atoms with van der Waals surface area (Å²) in [5.74, 6) is 1.01. The van der Waals surface area contributed by atoms with Gasteiger partial charge >= 0.3 is 0 Å². The average molecular weight is 262 g/mol. The minimum atomic E-state index is 0.648. The van der Waals surface area contributed by atoms with Gasteiger partial charge < -0.3 is 10.1 Å². The molecule has 0 spiro atoms. The quantitative estimate of drug-likeness (QED) is 0.825. The second-order valence-electron chi connectivity index (χ2n) is 5.61. The number of rotatable bonds is 5. The normalized spacial score (nSPS) is 20.5. The Hall–Kier alpha value is -1.06. The topological polar surface area (TPSA) is 24.5 Å². The van der Waals surface area contributed by atoms with E-state index in [4.69, 9.17) is 4.74 Å². The van der Waals surface area contributed by atoms with Gasteiger partial charge in [0.25, 0.3) is 0 Å². The summed E-state index contributed by atoms with van der Waals surface area (Å²) in [5, 5.41) is 3.42. The van der Waals surface area contributed by atoms with E-state index in [2.05, 4.69) is 49.2 Å². The maximum Gasteiger partial charge on any atom is 0.119 e. The number of piperazine rings is 1. The van der Waals surface area contributed by atoms with Crippen molar-refractivity contribution in [2.24, 2.45) is 0 Å². The van der Waals surface area contributed by atoms with E-state index in [-0.39, 0.29) is 0 Å². The van der Waals surface area contributed by atoms with Crippen LogP contribution >= 0.6 is 0 Å². The van der Waals surface area contributed by atoms with Crippen molar-refractivity contribution >= 4 is 0 Å². The number of nitrogens with zero attached hydrogens (tertiary/aromatic N) is 1. The second kappa shape index (κ2) is 6.92. The van der Waals surface area contributed by atoms with E-state index in [0.717, 1.165) is 45.0 Å². The van der Waals surface area contributed by atoms with Gasteiger partial charge in [-0.1, -0.05) is 6.07 Å². The van der Waals surface area contributed by atoms with Crippen LogP contribution in [-0.4, -0.2) is 43.7 Å². The third kappa shape index (κ3) is 4.51. The number of ether oxygens (including phenoxy) is 1. The van der Waals surface area contributed by atoms with Crippen LogP contribution in [0.25, 0.3) is 0 Å². The Morgan fingerprint density at radius 1 is 1.26 bits per heavy atom. The molecular formula is C16H26N2O. The molecule has 106 valence electrons. The van der Waals surface area contributed by atoms with E-state index in [1.165, 1.54) is 11.1 Å². The van der Waals surface area contributed by atoms with Gasteiger partial charge in [-0.3, -0.25) is 4.90 Å². The van der Waals surface area contributed by atoms with Crippen molar-refractivity contribution in [2.75, 3.05) is 32.8 Å². The minimum absolute atomic E-state index is 0.648.